The van der Waals surface area contributed by atoms with Crippen molar-refractivity contribution < 1.29 is 9.84 Å². The van der Waals surface area contributed by atoms with E-state index in [-0.39, 0.29) is 18.9 Å². The highest BCUT2D eigenvalue weighted by Gasteiger charge is 2.27. The number of hydrogen-bond donors (Lipinski definition) is 1. The number of rotatable bonds is 3. The van der Waals surface area contributed by atoms with Crippen LogP contribution in [0.3, 0.4) is 0 Å². The zero-order chi connectivity index (χ0) is 14.2. The second-order valence-corrected chi connectivity index (χ2v) is 4.86. The standard InChI is InChI=1S/C12H13N7O2/c20-3-8-1-2-9(21-8)19-5-15-10-11(13-4-14-12(10)19)18-6-16-17-7-18/h4-9,20H,1-3H2. The van der Waals surface area contributed by atoms with Crippen LogP contribution in [0.2, 0.25) is 0 Å². The molecule has 9 nitrogen and oxygen atoms in total. The smallest absolute Gasteiger partial charge is 0.170 e. The van der Waals surface area contributed by atoms with Crippen LogP contribution in [0.5, 0.6) is 0 Å². The Morgan fingerprint density at radius 2 is 2.00 bits per heavy atom. The maximum absolute atomic E-state index is 9.17. The Morgan fingerprint density at radius 3 is 2.76 bits per heavy atom. The van der Waals surface area contributed by atoms with E-state index < -0.39 is 0 Å². The normalized spacial score (nSPS) is 22.1. The summed E-state index contributed by atoms with van der Waals surface area (Å²) in [6.07, 6.45) is 7.67. The highest BCUT2D eigenvalue weighted by molar-refractivity contribution is 5.78. The Bertz CT molecular complexity index is 754. The molecule has 2 atom stereocenters. The van der Waals surface area contributed by atoms with Crippen molar-refractivity contribution in [2.75, 3.05) is 6.61 Å². The summed E-state index contributed by atoms with van der Waals surface area (Å²) in [5.74, 6) is 0.625. The van der Waals surface area contributed by atoms with E-state index >= 15 is 0 Å². The predicted octanol–water partition coefficient (Wildman–Crippen LogP) is 0.0769. The molecule has 1 saturated heterocycles. The second-order valence-electron chi connectivity index (χ2n) is 4.86. The van der Waals surface area contributed by atoms with E-state index in [1.807, 2.05) is 4.57 Å². The maximum atomic E-state index is 9.17. The summed E-state index contributed by atoms with van der Waals surface area (Å²) in [5, 5.41) is 16.7. The fourth-order valence-electron chi connectivity index (χ4n) is 2.58. The first kappa shape index (κ1) is 12.4. The summed E-state index contributed by atoms with van der Waals surface area (Å²) >= 11 is 0. The summed E-state index contributed by atoms with van der Waals surface area (Å²) in [7, 11) is 0. The molecular formula is C12H13N7O2. The minimum absolute atomic E-state index is 0.0318. The van der Waals surface area contributed by atoms with Gasteiger partial charge >= 0.3 is 0 Å². The van der Waals surface area contributed by atoms with E-state index in [1.54, 1.807) is 23.5 Å². The first-order valence-electron chi connectivity index (χ1n) is 6.65. The topological polar surface area (TPSA) is 104 Å². The van der Waals surface area contributed by atoms with Gasteiger partial charge < -0.3 is 9.84 Å². The molecule has 2 unspecified atom stereocenters. The Balaban J connectivity index is 1.78. The number of fused-ring (bicyclic) bond motifs is 1. The Hall–Kier alpha value is -2.39. The monoisotopic (exact) mass is 287 g/mol. The van der Waals surface area contributed by atoms with Gasteiger partial charge in [-0.1, -0.05) is 0 Å². The molecule has 0 aromatic carbocycles. The molecule has 3 aromatic rings. The van der Waals surface area contributed by atoms with Gasteiger partial charge in [-0.3, -0.25) is 9.13 Å². The van der Waals surface area contributed by atoms with E-state index in [0.29, 0.717) is 17.0 Å². The molecule has 0 saturated carbocycles. The van der Waals surface area contributed by atoms with Gasteiger partial charge in [-0.25, -0.2) is 15.0 Å². The zero-order valence-corrected chi connectivity index (χ0v) is 11.1. The third-order valence-corrected chi connectivity index (χ3v) is 3.60. The fourth-order valence-corrected chi connectivity index (χ4v) is 2.58. The van der Waals surface area contributed by atoms with Crippen molar-refractivity contribution >= 4 is 11.2 Å². The van der Waals surface area contributed by atoms with E-state index in [0.717, 1.165) is 12.8 Å². The highest BCUT2D eigenvalue weighted by atomic mass is 16.5. The van der Waals surface area contributed by atoms with Gasteiger partial charge in [-0.2, -0.15) is 0 Å². The number of aromatic nitrogens is 7. The van der Waals surface area contributed by atoms with Crippen molar-refractivity contribution in [1.82, 2.24) is 34.3 Å². The summed E-state index contributed by atoms with van der Waals surface area (Å²) in [6.45, 7) is 0.0318. The second kappa shape index (κ2) is 4.86. The molecule has 1 aliphatic heterocycles. The average molecular weight is 287 g/mol. The molecule has 3 aromatic heterocycles. The predicted molar refractivity (Wildman–Crippen MR) is 70.5 cm³/mol. The first-order chi connectivity index (χ1) is 10.4. The van der Waals surface area contributed by atoms with Crippen LogP contribution in [-0.2, 0) is 4.74 Å². The van der Waals surface area contributed by atoms with E-state index in [9.17, 15) is 5.11 Å². The third-order valence-electron chi connectivity index (χ3n) is 3.60. The number of hydrogen-bond acceptors (Lipinski definition) is 7. The van der Waals surface area contributed by atoms with Crippen molar-refractivity contribution in [1.29, 1.82) is 0 Å². The lowest BCUT2D eigenvalue weighted by Gasteiger charge is -2.13. The maximum Gasteiger partial charge on any atom is 0.170 e. The van der Waals surface area contributed by atoms with E-state index in [2.05, 4.69) is 25.1 Å². The lowest BCUT2D eigenvalue weighted by atomic mass is 10.2. The van der Waals surface area contributed by atoms with Crippen molar-refractivity contribution in [2.45, 2.75) is 25.2 Å². The van der Waals surface area contributed by atoms with Gasteiger partial charge in [0.25, 0.3) is 0 Å². The molecule has 1 fully saturated rings. The largest absolute Gasteiger partial charge is 0.394 e. The van der Waals surface area contributed by atoms with Crippen LogP contribution in [0.1, 0.15) is 19.1 Å². The quantitative estimate of drug-likeness (QED) is 0.727. The van der Waals surface area contributed by atoms with Crippen LogP contribution < -0.4 is 0 Å². The lowest BCUT2D eigenvalue weighted by molar-refractivity contribution is -0.0207. The van der Waals surface area contributed by atoms with Gasteiger partial charge in [0, 0.05) is 0 Å². The Morgan fingerprint density at radius 1 is 1.14 bits per heavy atom. The van der Waals surface area contributed by atoms with Gasteiger partial charge in [0.15, 0.2) is 17.0 Å². The van der Waals surface area contributed by atoms with Gasteiger partial charge in [-0.15, -0.1) is 10.2 Å². The van der Waals surface area contributed by atoms with Crippen molar-refractivity contribution in [3.63, 3.8) is 0 Å². The molecule has 0 aliphatic carbocycles. The Labute approximate surface area is 119 Å². The third kappa shape index (κ3) is 1.98. The molecule has 0 bridgehead atoms. The van der Waals surface area contributed by atoms with E-state index in [1.165, 1.54) is 6.33 Å². The minimum atomic E-state index is -0.157. The molecule has 108 valence electrons. The zero-order valence-electron chi connectivity index (χ0n) is 11.1. The summed E-state index contributed by atoms with van der Waals surface area (Å²) in [6, 6.07) is 0. The van der Waals surface area contributed by atoms with Gasteiger partial charge in [0.1, 0.15) is 25.2 Å². The number of nitrogens with zero attached hydrogens (tertiary/aromatic N) is 7. The van der Waals surface area contributed by atoms with Gasteiger partial charge in [-0.05, 0) is 12.8 Å². The van der Waals surface area contributed by atoms with Crippen molar-refractivity contribution in [2.24, 2.45) is 0 Å². The van der Waals surface area contributed by atoms with E-state index in [4.69, 9.17) is 4.74 Å². The minimum Gasteiger partial charge on any atom is -0.394 e. The molecule has 1 aliphatic rings. The van der Waals surface area contributed by atoms with Crippen LogP contribution in [0.15, 0.2) is 25.3 Å². The molecule has 1 N–H and O–H groups in total. The lowest BCUT2D eigenvalue weighted by Crippen LogP contribution is -2.14. The molecule has 21 heavy (non-hydrogen) atoms. The summed E-state index contributed by atoms with van der Waals surface area (Å²) in [5.41, 5.74) is 1.35. The molecule has 4 rings (SSSR count). The van der Waals surface area contributed by atoms with Crippen LogP contribution in [0, 0.1) is 0 Å². The molecular weight excluding hydrogens is 274 g/mol. The molecule has 0 amide bonds. The number of ether oxygens (including phenoxy) is 1. The molecule has 4 heterocycles. The molecule has 9 heteroatoms. The highest BCUT2D eigenvalue weighted by Crippen LogP contribution is 2.30. The molecule has 0 radical (unpaired) electrons. The summed E-state index contributed by atoms with van der Waals surface area (Å²) in [4.78, 5) is 12.9. The number of aliphatic hydroxyl groups excluding tert-OH is 1. The Kier molecular flexibility index (Phi) is 2.86. The summed E-state index contributed by atoms with van der Waals surface area (Å²) < 4.78 is 9.34. The van der Waals surface area contributed by atoms with Crippen LogP contribution in [0.4, 0.5) is 0 Å². The molecule has 0 spiro atoms. The van der Waals surface area contributed by atoms with Crippen LogP contribution in [0.25, 0.3) is 17.0 Å². The van der Waals surface area contributed by atoms with Gasteiger partial charge in [0.05, 0.1) is 19.0 Å². The first-order valence-corrected chi connectivity index (χ1v) is 6.65. The SMILES string of the molecule is OCC1CCC(n2cnc3c(-n4cnnc4)ncnc32)O1. The van der Waals surface area contributed by atoms with Gasteiger partial charge in [0.2, 0.25) is 0 Å². The van der Waals surface area contributed by atoms with Crippen molar-refractivity contribution in [3.05, 3.63) is 25.3 Å². The average Bonchev–Trinajstić information content (AvgIpc) is 3.25. The number of imidazole rings is 1. The fraction of sp³-hybridized carbons (Fsp3) is 0.417. The van der Waals surface area contributed by atoms with Crippen molar-refractivity contribution in [3.8, 4) is 5.82 Å². The van der Waals surface area contributed by atoms with Crippen LogP contribution >= 0.6 is 0 Å². The van der Waals surface area contributed by atoms with Crippen LogP contribution in [-0.4, -0.2) is 52.1 Å². The number of aliphatic hydroxyl groups is 1.